The van der Waals surface area contributed by atoms with Gasteiger partial charge in [0.2, 0.25) is 0 Å². The first-order valence-electron chi connectivity index (χ1n) is 3.18. The van der Waals surface area contributed by atoms with E-state index in [4.69, 9.17) is 12.2 Å². The average molecular weight is 171 g/mol. The molecular formula is C6H9N3OS. The molecule has 11 heavy (non-hydrogen) atoms. The Bertz CT molecular complexity index is 340. The van der Waals surface area contributed by atoms with Crippen molar-refractivity contribution in [2.24, 2.45) is 0 Å². The van der Waals surface area contributed by atoms with E-state index in [1.807, 2.05) is 7.05 Å². The Morgan fingerprint density at radius 1 is 1.82 bits per heavy atom. The molecular weight excluding hydrogens is 162 g/mol. The van der Waals surface area contributed by atoms with Gasteiger partial charge in [0.15, 0.2) is 4.77 Å². The standard InChI is InChI=1S/C6H9N3OS/c1-7-4-9-3-2-5(10)8-6(9)11/h2-3,7H,4H2,1H3,(H,8,10,11). The number of H-pyrrole nitrogens is 1. The molecule has 1 aromatic rings. The van der Waals surface area contributed by atoms with Gasteiger partial charge < -0.3 is 9.88 Å². The van der Waals surface area contributed by atoms with Crippen molar-refractivity contribution in [3.05, 3.63) is 27.4 Å². The summed E-state index contributed by atoms with van der Waals surface area (Å²) in [6, 6.07) is 1.44. The average Bonchev–Trinajstić information content (AvgIpc) is 1.95. The molecule has 0 aliphatic heterocycles. The SMILES string of the molecule is CNCn1ccc(=O)[nH]c1=S. The fourth-order valence-electron chi connectivity index (χ4n) is 0.739. The second kappa shape index (κ2) is 3.45. The summed E-state index contributed by atoms with van der Waals surface area (Å²) in [6.07, 6.45) is 1.65. The van der Waals surface area contributed by atoms with Gasteiger partial charge in [0.1, 0.15) is 0 Å². The third-order valence-electron chi connectivity index (χ3n) is 1.23. The van der Waals surface area contributed by atoms with Crippen LogP contribution in [0.15, 0.2) is 17.1 Å². The van der Waals surface area contributed by atoms with Crippen LogP contribution in [0.1, 0.15) is 0 Å². The van der Waals surface area contributed by atoms with Crippen molar-refractivity contribution in [3.63, 3.8) is 0 Å². The lowest BCUT2D eigenvalue weighted by molar-refractivity contribution is 0.594. The highest BCUT2D eigenvalue weighted by Crippen LogP contribution is 1.82. The number of aromatic nitrogens is 2. The molecule has 0 aliphatic rings. The predicted octanol–water partition coefficient (Wildman–Crippen LogP) is 0.0828. The van der Waals surface area contributed by atoms with E-state index in [1.165, 1.54) is 6.07 Å². The molecule has 4 nitrogen and oxygen atoms in total. The summed E-state index contributed by atoms with van der Waals surface area (Å²) in [5.74, 6) is 0. The van der Waals surface area contributed by atoms with Crippen LogP contribution in [0.2, 0.25) is 0 Å². The third-order valence-corrected chi connectivity index (χ3v) is 1.56. The molecule has 0 radical (unpaired) electrons. The zero-order chi connectivity index (χ0) is 8.27. The van der Waals surface area contributed by atoms with Crippen LogP contribution >= 0.6 is 12.2 Å². The van der Waals surface area contributed by atoms with Gasteiger partial charge >= 0.3 is 0 Å². The van der Waals surface area contributed by atoms with E-state index in [0.717, 1.165) is 0 Å². The third kappa shape index (κ3) is 1.99. The molecule has 2 N–H and O–H groups in total. The Morgan fingerprint density at radius 3 is 3.09 bits per heavy atom. The summed E-state index contributed by atoms with van der Waals surface area (Å²) in [5, 5.41) is 2.92. The minimum Gasteiger partial charge on any atom is -0.312 e. The lowest BCUT2D eigenvalue weighted by Crippen LogP contribution is -2.17. The summed E-state index contributed by atoms with van der Waals surface area (Å²) in [4.78, 5) is 13.2. The molecule has 0 unspecified atom stereocenters. The van der Waals surface area contributed by atoms with Gasteiger partial charge in [-0.1, -0.05) is 0 Å². The Kier molecular flexibility index (Phi) is 2.56. The van der Waals surface area contributed by atoms with E-state index < -0.39 is 0 Å². The molecule has 5 heteroatoms. The molecule has 0 amide bonds. The molecule has 0 spiro atoms. The van der Waals surface area contributed by atoms with Crippen LogP contribution in [0.25, 0.3) is 0 Å². The minimum absolute atomic E-state index is 0.164. The fourth-order valence-corrected chi connectivity index (χ4v) is 0.965. The van der Waals surface area contributed by atoms with Crippen LogP contribution in [0.5, 0.6) is 0 Å². The van der Waals surface area contributed by atoms with E-state index in [2.05, 4.69) is 10.3 Å². The normalized spacial score (nSPS) is 9.91. The monoisotopic (exact) mass is 171 g/mol. The summed E-state index contributed by atoms with van der Waals surface area (Å²) in [6.45, 7) is 0.607. The lowest BCUT2D eigenvalue weighted by atomic mass is 10.6. The van der Waals surface area contributed by atoms with E-state index in [0.29, 0.717) is 11.4 Å². The molecule has 0 aromatic carbocycles. The highest BCUT2D eigenvalue weighted by Gasteiger charge is 1.88. The van der Waals surface area contributed by atoms with Crippen LogP contribution in [0.3, 0.4) is 0 Å². The molecule has 60 valence electrons. The minimum atomic E-state index is -0.164. The predicted molar refractivity (Wildman–Crippen MR) is 44.9 cm³/mol. The van der Waals surface area contributed by atoms with Crippen molar-refractivity contribution >= 4 is 12.2 Å². The number of nitrogens with zero attached hydrogens (tertiary/aromatic N) is 1. The van der Waals surface area contributed by atoms with Gasteiger partial charge in [0, 0.05) is 12.3 Å². The van der Waals surface area contributed by atoms with E-state index in [9.17, 15) is 4.79 Å². The van der Waals surface area contributed by atoms with Crippen LogP contribution in [0.4, 0.5) is 0 Å². The fraction of sp³-hybridized carbons (Fsp3) is 0.333. The largest absolute Gasteiger partial charge is 0.312 e. The second-order valence-corrected chi connectivity index (χ2v) is 2.48. The zero-order valence-electron chi connectivity index (χ0n) is 6.13. The van der Waals surface area contributed by atoms with Crippen LogP contribution < -0.4 is 10.9 Å². The topological polar surface area (TPSA) is 49.8 Å². The van der Waals surface area contributed by atoms with Crippen molar-refractivity contribution < 1.29 is 0 Å². The van der Waals surface area contributed by atoms with Gasteiger partial charge in [-0.05, 0) is 19.3 Å². The first-order valence-corrected chi connectivity index (χ1v) is 3.59. The number of aromatic amines is 1. The highest BCUT2D eigenvalue weighted by molar-refractivity contribution is 7.71. The molecule has 0 saturated heterocycles. The quantitative estimate of drug-likeness (QED) is 0.620. The van der Waals surface area contributed by atoms with Gasteiger partial charge in [0.25, 0.3) is 5.56 Å². The maximum atomic E-state index is 10.7. The molecule has 0 fully saturated rings. The molecule has 1 rings (SSSR count). The molecule has 0 atom stereocenters. The van der Waals surface area contributed by atoms with Gasteiger partial charge in [-0.2, -0.15) is 0 Å². The van der Waals surface area contributed by atoms with Crippen LogP contribution in [0, 0.1) is 4.77 Å². The van der Waals surface area contributed by atoms with Crippen LogP contribution in [-0.2, 0) is 6.67 Å². The second-order valence-electron chi connectivity index (χ2n) is 2.09. The number of hydrogen-bond donors (Lipinski definition) is 2. The summed E-state index contributed by atoms with van der Waals surface area (Å²) in [7, 11) is 1.81. The Morgan fingerprint density at radius 2 is 2.55 bits per heavy atom. The summed E-state index contributed by atoms with van der Waals surface area (Å²) >= 11 is 4.87. The van der Waals surface area contributed by atoms with E-state index in [1.54, 1.807) is 10.8 Å². The van der Waals surface area contributed by atoms with Crippen molar-refractivity contribution in [1.29, 1.82) is 0 Å². The number of rotatable bonds is 2. The lowest BCUT2D eigenvalue weighted by Gasteiger charge is -2.02. The first-order chi connectivity index (χ1) is 5.24. The van der Waals surface area contributed by atoms with Gasteiger partial charge in [-0.15, -0.1) is 0 Å². The van der Waals surface area contributed by atoms with E-state index in [-0.39, 0.29) is 5.56 Å². The van der Waals surface area contributed by atoms with Gasteiger partial charge in [0.05, 0.1) is 6.67 Å². The number of nitrogens with one attached hydrogen (secondary N) is 2. The summed E-state index contributed by atoms with van der Waals surface area (Å²) in [5.41, 5.74) is -0.164. The molecule has 0 bridgehead atoms. The first kappa shape index (κ1) is 8.16. The zero-order valence-corrected chi connectivity index (χ0v) is 6.94. The highest BCUT2D eigenvalue weighted by atomic mass is 32.1. The van der Waals surface area contributed by atoms with Gasteiger partial charge in [-0.3, -0.25) is 9.78 Å². The summed E-state index contributed by atoms with van der Waals surface area (Å²) < 4.78 is 2.17. The Hall–Kier alpha value is -0.940. The van der Waals surface area contributed by atoms with Gasteiger partial charge in [-0.25, -0.2) is 0 Å². The number of hydrogen-bond acceptors (Lipinski definition) is 3. The smallest absolute Gasteiger partial charge is 0.251 e. The molecule has 1 aromatic heterocycles. The molecule has 0 saturated carbocycles. The van der Waals surface area contributed by atoms with E-state index >= 15 is 0 Å². The van der Waals surface area contributed by atoms with Crippen molar-refractivity contribution in [2.75, 3.05) is 7.05 Å². The Labute approximate surface area is 68.9 Å². The van der Waals surface area contributed by atoms with Crippen LogP contribution in [-0.4, -0.2) is 16.6 Å². The van der Waals surface area contributed by atoms with Crippen molar-refractivity contribution in [3.8, 4) is 0 Å². The molecule has 1 heterocycles. The van der Waals surface area contributed by atoms with Crippen molar-refractivity contribution in [1.82, 2.24) is 14.9 Å². The maximum Gasteiger partial charge on any atom is 0.251 e. The maximum absolute atomic E-state index is 10.7. The van der Waals surface area contributed by atoms with Crippen molar-refractivity contribution in [2.45, 2.75) is 6.67 Å². The Balaban J connectivity index is 3.10. The molecule has 0 aliphatic carbocycles.